The number of aromatic nitrogens is 2. The first-order chi connectivity index (χ1) is 10.2. The van der Waals surface area contributed by atoms with Gasteiger partial charge < -0.3 is 5.32 Å². The molecule has 1 aliphatic carbocycles. The van der Waals surface area contributed by atoms with Crippen LogP contribution < -0.4 is 5.32 Å². The Bertz CT molecular complexity index is 395. The maximum absolute atomic E-state index is 4.70. The molecule has 120 valence electrons. The summed E-state index contributed by atoms with van der Waals surface area (Å²) in [5.74, 6) is 1.89. The minimum absolute atomic E-state index is 0.558. The van der Waals surface area contributed by atoms with E-state index in [1.165, 1.54) is 37.8 Å². The van der Waals surface area contributed by atoms with Crippen LogP contribution in [-0.2, 0) is 6.54 Å². The molecule has 3 nitrogen and oxygen atoms in total. The van der Waals surface area contributed by atoms with Crippen molar-refractivity contribution in [2.45, 2.75) is 78.3 Å². The van der Waals surface area contributed by atoms with Gasteiger partial charge in [0.05, 0.1) is 11.7 Å². The molecule has 0 aromatic carbocycles. The summed E-state index contributed by atoms with van der Waals surface area (Å²) in [5, 5.41) is 8.28. The van der Waals surface area contributed by atoms with E-state index in [0.29, 0.717) is 6.04 Å². The SMILES string of the molecule is CCC(CC)n1ccc(CNCCC2CCCC(C)C2)n1. The summed E-state index contributed by atoms with van der Waals surface area (Å²) in [6.45, 7) is 8.92. The van der Waals surface area contributed by atoms with Gasteiger partial charge in [0.1, 0.15) is 0 Å². The summed E-state index contributed by atoms with van der Waals surface area (Å²) in [7, 11) is 0. The summed E-state index contributed by atoms with van der Waals surface area (Å²) in [4.78, 5) is 0. The first kappa shape index (κ1) is 16.5. The van der Waals surface area contributed by atoms with Gasteiger partial charge in [0.25, 0.3) is 0 Å². The van der Waals surface area contributed by atoms with E-state index >= 15 is 0 Å². The van der Waals surface area contributed by atoms with Gasteiger partial charge in [-0.2, -0.15) is 5.10 Å². The predicted molar refractivity (Wildman–Crippen MR) is 89.3 cm³/mol. The van der Waals surface area contributed by atoms with Crippen LogP contribution in [0.15, 0.2) is 12.3 Å². The van der Waals surface area contributed by atoms with Crippen molar-refractivity contribution >= 4 is 0 Å². The molecule has 1 N–H and O–H groups in total. The topological polar surface area (TPSA) is 29.9 Å². The molecule has 1 fully saturated rings. The van der Waals surface area contributed by atoms with Crippen LogP contribution in [0.3, 0.4) is 0 Å². The summed E-state index contributed by atoms with van der Waals surface area (Å²) >= 11 is 0. The minimum Gasteiger partial charge on any atom is -0.311 e. The zero-order valence-electron chi connectivity index (χ0n) is 14.1. The highest BCUT2D eigenvalue weighted by Crippen LogP contribution is 2.30. The zero-order chi connectivity index (χ0) is 15.1. The van der Waals surface area contributed by atoms with Crippen LogP contribution in [0.2, 0.25) is 0 Å². The fraction of sp³-hybridized carbons (Fsp3) is 0.833. The standard InChI is InChI=1S/C18H33N3/c1-4-18(5-2)21-12-10-17(20-21)14-19-11-9-16-8-6-7-15(3)13-16/h10,12,15-16,18-19H,4-9,11,13-14H2,1-3H3. The lowest BCUT2D eigenvalue weighted by Gasteiger charge is -2.26. The van der Waals surface area contributed by atoms with Gasteiger partial charge in [0.2, 0.25) is 0 Å². The molecule has 0 amide bonds. The Morgan fingerprint density at radius 2 is 2.14 bits per heavy atom. The van der Waals surface area contributed by atoms with Gasteiger partial charge in [-0.3, -0.25) is 4.68 Å². The lowest BCUT2D eigenvalue weighted by atomic mass is 9.81. The van der Waals surface area contributed by atoms with E-state index in [0.717, 1.165) is 37.8 Å². The molecule has 21 heavy (non-hydrogen) atoms. The van der Waals surface area contributed by atoms with E-state index < -0.39 is 0 Å². The Hall–Kier alpha value is -0.830. The van der Waals surface area contributed by atoms with Crippen molar-refractivity contribution in [3.05, 3.63) is 18.0 Å². The maximum atomic E-state index is 4.70. The summed E-state index contributed by atoms with van der Waals surface area (Å²) < 4.78 is 2.14. The van der Waals surface area contributed by atoms with Gasteiger partial charge in [-0.15, -0.1) is 0 Å². The fourth-order valence-electron chi connectivity index (χ4n) is 3.68. The van der Waals surface area contributed by atoms with Crippen molar-refractivity contribution in [2.75, 3.05) is 6.54 Å². The van der Waals surface area contributed by atoms with Crippen LogP contribution in [0, 0.1) is 11.8 Å². The van der Waals surface area contributed by atoms with Crippen LogP contribution in [-0.4, -0.2) is 16.3 Å². The molecule has 0 spiro atoms. The Kier molecular flexibility index (Phi) is 6.75. The third-order valence-electron chi connectivity index (χ3n) is 5.06. The smallest absolute Gasteiger partial charge is 0.0762 e. The molecule has 0 aliphatic heterocycles. The lowest BCUT2D eigenvalue weighted by Crippen LogP contribution is -2.21. The molecule has 1 aromatic rings. The highest BCUT2D eigenvalue weighted by Gasteiger charge is 2.18. The van der Waals surface area contributed by atoms with Crippen molar-refractivity contribution < 1.29 is 0 Å². The van der Waals surface area contributed by atoms with E-state index in [-0.39, 0.29) is 0 Å². The molecule has 2 unspecified atom stereocenters. The van der Waals surface area contributed by atoms with Gasteiger partial charge in [-0.1, -0.05) is 40.0 Å². The molecule has 2 atom stereocenters. The first-order valence-electron chi connectivity index (χ1n) is 8.97. The van der Waals surface area contributed by atoms with E-state index in [9.17, 15) is 0 Å². The summed E-state index contributed by atoms with van der Waals surface area (Å²) in [5.41, 5.74) is 1.18. The molecule has 1 saturated carbocycles. The van der Waals surface area contributed by atoms with Gasteiger partial charge in [0, 0.05) is 12.7 Å². The van der Waals surface area contributed by atoms with Crippen molar-refractivity contribution in [2.24, 2.45) is 11.8 Å². The number of nitrogens with one attached hydrogen (secondary N) is 1. The van der Waals surface area contributed by atoms with E-state index in [1.807, 2.05) is 0 Å². The van der Waals surface area contributed by atoms with E-state index in [4.69, 9.17) is 5.10 Å². The third-order valence-corrected chi connectivity index (χ3v) is 5.06. The number of nitrogens with zero attached hydrogens (tertiary/aromatic N) is 2. The van der Waals surface area contributed by atoms with Gasteiger partial charge in [0.15, 0.2) is 0 Å². The molecule has 0 radical (unpaired) electrons. The molecule has 1 heterocycles. The third kappa shape index (κ3) is 5.14. The highest BCUT2D eigenvalue weighted by atomic mass is 15.3. The number of rotatable bonds is 8. The van der Waals surface area contributed by atoms with Crippen molar-refractivity contribution in [3.8, 4) is 0 Å². The van der Waals surface area contributed by atoms with Crippen molar-refractivity contribution in [1.29, 1.82) is 0 Å². The van der Waals surface area contributed by atoms with Crippen LogP contribution in [0.1, 0.15) is 77.5 Å². The molecule has 2 rings (SSSR count). The van der Waals surface area contributed by atoms with Crippen molar-refractivity contribution in [3.63, 3.8) is 0 Å². The summed E-state index contributed by atoms with van der Waals surface area (Å²) in [6, 6.07) is 2.72. The Morgan fingerprint density at radius 1 is 1.33 bits per heavy atom. The Balaban J connectivity index is 1.66. The highest BCUT2D eigenvalue weighted by molar-refractivity contribution is 4.99. The minimum atomic E-state index is 0.558. The molecule has 3 heteroatoms. The largest absolute Gasteiger partial charge is 0.311 e. The zero-order valence-corrected chi connectivity index (χ0v) is 14.1. The maximum Gasteiger partial charge on any atom is 0.0762 e. The average molecular weight is 291 g/mol. The van der Waals surface area contributed by atoms with Gasteiger partial charge in [-0.05, 0) is 50.1 Å². The van der Waals surface area contributed by atoms with Crippen LogP contribution in [0.4, 0.5) is 0 Å². The number of hydrogen-bond acceptors (Lipinski definition) is 2. The second kappa shape index (κ2) is 8.57. The number of hydrogen-bond donors (Lipinski definition) is 1. The molecule has 1 aromatic heterocycles. The molecule has 0 bridgehead atoms. The second-order valence-electron chi connectivity index (χ2n) is 6.86. The van der Waals surface area contributed by atoms with E-state index in [2.05, 4.69) is 43.0 Å². The summed E-state index contributed by atoms with van der Waals surface area (Å²) in [6.07, 6.45) is 11.5. The van der Waals surface area contributed by atoms with Gasteiger partial charge in [-0.25, -0.2) is 0 Å². The fourth-order valence-corrected chi connectivity index (χ4v) is 3.68. The van der Waals surface area contributed by atoms with Gasteiger partial charge >= 0.3 is 0 Å². The quantitative estimate of drug-likeness (QED) is 0.712. The molecule has 1 aliphatic rings. The Labute approximate surface area is 130 Å². The van der Waals surface area contributed by atoms with Crippen LogP contribution >= 0.6 is 0 Å². The normalized spacial score (nSPS) is 22.9. The first-order valence-corrected chi connectivity index (χ1v) is 8.97. The molecular formula is C18H33N3. The van der Waals surface area contributed by atoms with Crippen LogP contribution in [0.5, 0.6) is 0 Å². The lowest BCUT2D eigenvalue weighted by molar-refractivity contribution is 0.267. The average Bonchev–Trinajstić information content (AvgIpc) is 2.94. The second-order valence-corrected chi connectivity index (χ2v) is 6.86. The Morgan fingerprint density at radius 3 is 2.86 bits per heavy atom. The van der Waals surface area contributed by atoms with Crippen molar-refractivity contribution in [1.82, 2.24) is 15.1 Å². The van der Waals surface area contributed by atoms with Crippen LogP contribution in [0.25, 0.3) is 0 Å². The molecular weight excluding hydrogens is 258 g/mol. The molecule has 0 saturated heterocycles. The predicted octanol–water partition coefficient (Wildman–Crippen LogP) is 4.55. The van der Waals surface area contributed by atoms with E-state index in [1.54, 1.807) is 0 Å². The monoisotopic (exact) mass is 291 g/mol.